The fourth-order valence-electron chi connectivity index (χ4n) is 3.42. The zero-order valence-corrected chi connectivity index (χ0v) is 19.1. The lowest BCUT2D eigenvalue weighted by atomic mass is 10.1. The molecular formula is C26H36O3S. The van der Waals surface area contributed by atoms with Crippen LogP contribution in [-0.4, -0.2) is 15.0 Å². The number of hydrogen-bond donors (Lipinski definition) is 0. The predicted molar refractivity (Wildman–Crippen MR) is 127 cm³/mol. The first kappa shape index (κ1) is 24.4. The van der Waals surface area contributed by atoms with Gasteiger partial charge in [-0.15, -0.1) is 0 Å². The Hall–Kier alpha value is -1.91. The highest BCUT2D eigenvalue weighted by Crippen LogP contribution is 2.26. The van der Waals surface area contributed by atoms with Crippen LogP contribution in [0, 0.1) is 0 Å². The molecule has 0 aliphatic rings. The van der Waals surface area contributed by atoms with Crippen molar-refractivity contribution in [2.75, 3.05) is 6.61 Å². The van der Waals surface area contributed by atoms with E-state index in [0.717, 1.165) is 24.8 Å². The molecule has 0 bridgehead atoms. The highest BCUT2D eigenvalue weighted by atomic mass is 32.2. The largest absolute Gasteiger partial charge is 0.297 e. The maximum atomic E-state index is 12.9. The van der Waals surface area contributed by atoms with Gasteiger partial charge in [0.15, 0.2) is 0 Å². The van der Waals surface area contributed by atoms with Crippen LogP contribution < -0.4 is 0 Å². The van der Waals surface area contributed by atoms with Crippen LogP contribution in [0.5, 0.6) is 0 Å². The maximum absolute atomic E-state index is 12.9. The van der Waals surface area contributed by atoms with Crippen molar-refractivity contribution in [3.63, 3.8) is 0 Å². The molecule has 3 nitrogen and oxygen atoms in total. The third-order valence-electron chi connectivity index (χ3n) is 5.16. The zero-order valence-electron chi connectivity index (χ0n) is 18.3. The molecule has 0 saturated carbocycles. The Labute approximate surface area is 183 Å². The minimum absolute atomic E-state index is 0.210. The van der Waals surface area contributed by atoms with E-state index in [2.05, 4.69) is 6.92 Å². The molecule has 0 atom stereocenters. The Bertz CT molecular complexity index is 827. The van der Waals surface area contributed by atoms with Gasteiger partial charge in [-0.05, 0) is 23.6 Å². The van der Waals surface area contributed by atoms with Crippen molar-refractivity contribution in [3.05, 3.63) is 71.8 Å². The van der Waals surface area contributed by atoms with E-state index in [9.17, 15) is 8.42 Å². The quantitative estimate of drug-likeness (QED) is 0.168. The first-order chi connectivity index (χ1) is 14.6. The summed E-state index contributed by atoms with van der Waals surface area (Å²) in [5.74, 6) is 0. The van der Waals surface area contributed by atoms with Crippen molar-refractivity contribution < 1.29 is 12.6 Å². The molecule has 0 heterocycles. The van der Waals surface area contributed by atoms with Gasteiger partial charge in [-0.3, -0.25) is 4.18 Å². The fourth-order valence-corrected chi connectivity index (χ4v) is 4.59. The summed E-state index contributed by atoms with van der Waals surface area (Å²) < 4.78 is 31.2. The minimum atomic E-state index is -3.82. The monoisotopic (exact) mass is 428 g/mol. The zero-order chi connectivity index (χ0) is 21.5. The van der Waals surface area contributed by atoms with Crippen molar-refractivity contribution in [1.82, 2.24) is 0 Å². The Morgan fingerprint density at radius 1 is 0.733 bits per heavy atom. The van der Waals surface area contributed by atoms with E-state index in [0.29, 0.717) is 5.56 Å². The summed E-state index contributed by atoms with van der Waals surface area (Å²) in [7, 11) is -3.82. The lowest BCUT2D eigenvalue weighted by Crippen LogP contribution is -2.09. The van der Waals surface area contributed by atoms with E-state index in [1.165, 1.54) is 44.9 Å². The van der Waals surface area contributed by atoms with Gasteiger partial charge in [0, 0.05) is 0 Å². The van der Waals surface area contributed by atoms with E-state index in [4.69, 9.17) is 4.18 Å². The molecule has 0 aliphatic carbocycles. The van der Waals surface area contributed by atoms with Crippen LogP contribution in [-0.2, 0) is 14.3 Å². The van der Waals surface area contributed by atoms with Gasteiger partial charge in [0.25, 0.3) is 10.1 Å². The van der Waals surface area contributed by atoms with Crippen LogP contribution in [0.25, 0.3) is 11.0 Å². The third kappa shape index (κ3) is 9.27. The first-order valence-corrected chi connectivity index (χ1v) is 12.8. The van der Waals surface area contributed by atoms with Gasteiger partial charge >= 0.3 is 0 Å². The van der Waals surface area contributed by atoms with Gasteiger partial charge in [-0.1, -0.05) is 125 Å². The lowest BCUT2D eigenvalue weighted by molar-refractivity contribution is 0.312. The molecule has 0 amide bonds. The second-order valence-corrected chi connectivity index (χ2v) is 9.33. The average molecular weight is 429 g/mol. The highest BCUT2D eigenvalue weighted by molar-refractivity contribution is 7.96. The van der Waals surface area contributed by atoms with Crippen molar-refractivity contribution in [1.29, 1.82) is 0 Å². The van der Waals surface area contributed by atoms with Gasteiger partial charge in [-0.25, -0.2) is 0 Å². The molecular weight excluding hydrogens is 392 g/mol. The van der Waals surface area contributed by atoms with Crippen molar-refractivity contribution in [3.8, 4) is 0 Å². The van der Waals surface area contributed by atoms with E-state index >= 15 is 0 Å². The molecule has 2 aromatic carbocycles. The van der Waals surface area contributed by atoms with E-state index < -0.39 is 10.1 Å². The molecule has 0 fully saturated rings. The SMILES string of the molecule is CCCCCCCCCCCCOS(=O)(=O)C(=Cc1ccccc1)c1ccccc1. The molecule has 0 saturated heterocycles. The highest BCUT2D eigenvalue weighted by Gasteiger charge is 2.20. The summed E-state index contributed by atoms with van der Waals surface area (Å²) in [6.45, 7) is 2.47. The van der Waals surface area contributed by atoms with E-state index in [-0.39, 0.29) is 11.5 Å². The van der Waals surface area contributed by atoms with Gasteiger partial charge in [0.2, 0.25) is 0 Å². The molecule has 0 radical (unpaired) electrons. The number of unbranched alkanes of at least 4 members (excludes halogenated alkanes) is 9. The van der Waals surface area contributed by atoms with Crippen LogP contribution >= 0.6 is 0 Å². The van der Waals surface area contributed by atoms with Gasteiger partial charge in [-0.2, -0.15) is 8.42 Å². The second kappa shape index (κ2) is 14.2. The second-order valence-electron chi connectivity index (χ2n) is 7.74. The molecule has 30 heavy (non-hydrogen) atoms. The normalized spacial score (nSPS) is 12.2. The summed E-state index contributed by atoms with van der Waals surface area (Å²) in [5.41, 5.74) is 1.48. The standard InChI is InChI=1S/C26H36O3S/c1-2-3-4-5-6-7-8-9-10-17-22-29-30(27,28)26(25-20-15-12-16-21-25)23-24-18-13-11-14-19-24/h11-16,18-21,23H,2-10,17,22H2,1H3. The number of benzene rings is 2. The Morgan fingerprint density at radius 3 is 1.80 bits per heavy atom. The third-order valence-corrected chi connectivity index (χ3v) is 6.53. The number of rotatable bonds is 15. The Morgan fingerprint density at radius 2 is 1.23 bits per heavy atom. The van der Waals surface area contributed by atoms with Gasteiger partial charge < -0.3 is 0 Å². The maximum Gasteiger partial charge on any atom is 0.297 e. The topological polar surface area (TPSA) is 43.4 Å². The summed E-state index contributed by atoms with van der Waals surface area (Å²) in [4.78, 5) is 0.210. The molecule has 2 aromatic rings. The molecule has 0 N–H and O–H groups in total. The smallest absolute Gasteiger partial charge is 0.266 e. The van der Waals surface area contributed by atoms with Crippen LogP contribution in [0.1, 0.15) is 82.3 Å². The molecule has 0 unspecified atom stereocenters. The summed E-state index contributed by atoms with van der Waals surface area (Å²) >= 11 is 0. The summed E-state index contributed by atoms with van der Waals surface area (Å²) in [5, 5.41) is 0. The molecule has 164 valence electrons. The molecule has 0 aromatic heterocycles. The summed E-state index contributed by atoms with van der Waals surface area (Å²) in [6, 6.07) is 18.6. The van der Waals surface area contributed by atoms with Crippen molar-refractivity contribution in [2.24, 2.45) is 0 Å². The molecule has 4 heteroatoms. The van der Waals surface area contributed by atoms with Crippen LogP contribution in [0.3, 0.4) is 0 Å². The first-order valence-electron chi connectivity index (χ1n) is 11.3. The number of hydrogen-bond acceptors (Lipinski definition) is 3. The van der Waals surface area contributed by atoms with Crippen molar-refractivity contribution >= 4 is 21.1 Å². The molecule has 0 aliphatic heterocycles. The van der Waals surface area contributed by atoms with Gasteiger partial charge in [0.05, 0.1) is 6.61 Å². The van der Waals surface area contributed by atoms with Crippen molar-refractivity contribution in [2.45, 2.75) is 71.1 Å². The average Bonchev–Trinajstić information content (AvgIpc) is 2.77. The molecule has 2 rings (SSSR count). The Balaban J connectivity index is 1.82. The molecule has 0 spiro atoms. The van der Waals surface area contributed by atoms with Crippen LogP contribution in [0.4, 0.5) is 0 Å². The fraction of sp³-hybridized carbons (Fsp3) is 0.462. The summed E-state index contributed by atoms with van der Waals surface area (Å²) in [6.07, 6.45) is 13.7. The lowest BCUT2D eigenvalue weighted by Gasteiger charge is -2.10. The predicted octanol–water partition coefficient (Wildman–Crippen LogP) is 7.45. The van der Waals surface area contributed by atoms with Crippen LogP contribution in [0.15, 0.2) is 60.7 Å². The van der Waals surface area contributed by atoms with E-state index in [1.54, 1.807) is 18.2 Å². The van der Waals surface area contributed by atoms with E-state index in [1.807, 2.05) is 48.5 Å². The van der Waals surface area contributed by atoms with Gasteiger partial charge in [0.1, 0.15) is 4.91 Å². The Kier molecular flexibility index (Phi) is 11.5. The minimum Gasteiger partial charge on any atom is -0.266 e. The van der Waals surface area contributed by atoms with Crippen LogP contribution in [0.2, 0.25) is 0 Å².